The van der Waals surface area contributed by atoms with Crippen molar-refractivity contribution in [3.8, 4) is 0 Å². The maximum atomic E-state index is 12.2. The first-order chi connectivity index (χ1) is 11.3. The molecule has 5 nitrogen and oxygen atoms in total. The summed E-state index contributed by atoms with van der Waals surface area (Å²) in [5.74, 6) is 0.462. The summed E-state index contributed by atoms with van der Waals surface area (Å²) < 4.78 is 22.7. The SMILES string of the molecule is C[C@H](SCc1ccc(Cl)cc1)C(=O)Nc1cccc(S(N)(=O)=O)c1. The van der Waals surface area contributed by atoms with E-state index in [1.165, 1.54) is 30.0 Å². The maximum Gasteiger partial charge on any atom is 0.238 e. The van der Waals surface area contributed by atoms with Gasteiger partial charge in [-0.05, 0) is 42.8 Å². The van der Waals surface area contributed by atoms with Crippen LogP contribution < -0.4 is 10.5 Å². The van der Waals surface area contributed by atoms with E-state index in [2.05, 4.69) is 5.32 Å². The summed E-state index contributed by atoms with van der Waals surface area (Å²) >= 11 is 7.31. The Bertz CT molecular complexity index is 823. The number of carbonyl (C=O) groups is 1. The minimum Gasteiger partial charge on any atom is -0.325 e. The van der Waals surface area contributed by atoms with Gasteiger partial charge in [0.1, 0.15) is 0 Å². The molecule has 0 bridgehead atoms. The van der Waals surface area contributed by atoms with Crippen LogP contribution in [0, 0.1) is 0 Å². The lowest BCUT2D eigenvalue weighted by Gasteiger charge is -2.12. The van der Waals surface area contributed by atoms with E-state index in [0.717, 1.165) is 5.56 Å². The van der Waals surface area contributed by atoms with Crippen LogP contribution in [0.25, 0.3) is 0 Å². The Morgan fingerprint density at radius 3 is 2.54 bits per heavy atom. The summed E-state index contributed by atoms with van der Waals surface area (Å²) in [5, 5.41) is 8.15. The van der Waals surface area contributed by atoms with Crippen LogP contribution in [0.2, 0.25) is 5.02 Å². The summed E-state index contributed by atoms with van der Waals surface area (Å²) in [4.78, 5) is 12.2. The average Bonchev–Trinajstić information content (AvgIpc) is 2.53. The molecule has 0 fully saturated rings. The van der Waals surface area contributed by atoms with Gasteiger partial charge in [-0.3, -0.25) is 4.79 Å². The number of thioether (sulfide) groups is 1. The average molecular weight is 385 g/mol. The topological polar surface area (TPSA) is 89.3 Å². The van der Waals surface area contributed by atoms with E-state index >= 15 is 0 Å². The quantitative estimate of drug-likeness (QED) is 0.799. The lowest BCUT2D eigenvalue weighted by atomic mass is 10.2. The number of hydrogen-bond acceptors (Lipinski definition) is 4. The van der Waals surface area contributed by atoms with Crippen molar-refractivity contribution < 1.29 is 13.2 Å². The standard InChI is InChI=1S/C16H17ClN2O3S2/c1-11(23-10-12-5-7-13(17)8-6-12)16(20)19-14-3-2-4-15(9-14)24(18,21)22/h2-9,11H,10H2,1H3,(H,19,20)(H2,18,21,22)/t11-/m0/s1. The molecule has 0 aliphatic heterocycles. The highest BCUT2D eigenvalue weighted by Gasteiger charge is 2.15. The van der Waals surface area contributed by atoms with Crippen molar-refractivity contribution in [1.29, 1.82) is 0 Å². The molecule has 0 saturated heterocycles. The maximum absolute atomic E-state index is 12.2. The Balaban J connectivity index is 1.95. The Kier molecular flexibility index (Phi) is 6.28. The fraction of sp³-hybridized carbons (Fsp3) is 0.188. The lowest BCUT2D eigenvalue weighted by molar-refractivity contribution is -0.115. The molecule has 1 atom stereocenters. The number of amides is 1. The zero-order chi connectivity index (χ0) is 17.7. The van der Waals surface area contributed by atoms with Crippen LogP contribution in [0.5, 0.6) is 0 Å². The van der Waals surface area contributed by atoms with E-state index in [0.29, 0.717) is 16.5 Å². The molecule has 8 heteroatoms. The zero-order valence-corrected chi connectivity index (χ0v) is 15.3. The normalized spacial score (nSPS) is 12.6. The molecule has 0 radical (unpaired) electrons. The van der Waals surface area contributed by atoms with Crippen molar-refractivity contribution in [3.05, 3.63) is 59.1 Å². The first kappa shape index (κ1) is 18.8. The summed E-state index contributed by atoms with van der Waals surface area (Å²) in [6.45, 7) is 1.79. The second kappa shape index (κ2) is 8.02. The highest BCUT2D eigenvalue weighted by atomic mass is 35.5. The fourth-order valence-corrected chi connectivity index (χ4v) is 3.40. The first-order valence-corrected chi connectivity index (χ1v) is 10.0. The van der Waals surface area contributed by atoms with Crippen LogP contribution in [0.3, 0.4) is 0 Å². The number of hydrogen-bond donors (Lipinski definition) is 2. The summed E-state index contributed by atoms with van der Waals surface area (Å²) in [6, 6.07) is 13.3. The van der Waals surface area contributed by atoms with Gasteiger partial charge < -0.3 is 5.32 Å². The molecule has 0 unspecified atom stereocenters. The van der Waals surface area contributed by atoms with E-state index in [-0.39, 0.29) is 16.1 Å². The molecule has 128 valence electrons. The lowest BCUT2D eigenvalue weighted by Crippen LogP contribution is -2.23. The summed E-state index contributed by atoms with van der Waals surface area (Å²) in [6.07, 6.45) is 0. The van der Waals surface area contributed by atoms with Gasteiger partial charge in [0.15, 0.2) is 0 Å². The second-order valence-corrected chi connectivity index (χ2v) is 8.47. The van der Waals surface area contributed by atoms with Crippen molar-refractivity contribution >= 4 is 45.0 Å². The van der Waals surface area contributed by atoms with Crippen LogP contribution in [0.4, 0.5) is 5.69 Å². The molecule has 2 aromatic carbocycles. The minimum absolute atomic E-state index is 0.0400. The molecule has 0 spiro atoms. The zero-order valence-electron chi connectivity index (χ0n) is 12.9. The molecule has 1 amide bonds. The van der Waals surface area contributed by atoms with Gasteiger partial charge in [0.2, 0.25) is 15.9 Å². The monoisotopic (exact) mass is 384 g/mol. The number of halogens is 1. The molecule has 2 rings (SSSR count). The van der Waals surface area contributed by atoms with Gasteiger partial charge in [-0.2, -0.15) is 0 Å². The van der Waals surface area contributed by atoms with Gasteiger partial charge in [-0.25, -0.2) is 13.6 Å². The van der Waals surface area contributed by atoms with Gasteiger partial charge in [-0.1, -0.05) is 29.8 Å². The molecule has 2 aromatic rings. The van der Waals surface area contributed by atoms with Crippen molar-refractivity contribution in [2.24, 2.45) is 5.14 Å². The first-order valence-electron chi connectivity index (χ1n) is 7.05. The number of anilines is 1. The number of benzene rings is 2. The van der Waals surface area contributed by atoms with Gasteiger partial charge in [0, 0.05) is 16.5 Å². The molecule has 0 aliphatic rings. The number of carbonyl (C=O) groups excluding carboxylic acids is 1. The third kappa shape index (κ3) is 5.52. The van der Waals surface area contributed by atoms with Gasteiger partial charge in [-0.15, -0.1) is 11.8 Å². The number of sulfonamides is 1. The Labute approximate surface area is 150 Å². The molecular formula is C16H17ClN2O3S2. The molecule has 0 heterocycles. The van der Waals surface area contributed by atoms with Crippen LogP contribution in [0.1, 0.15) is 12.5 Å². The fourth-order valence-electron chi connectivity index (χ4n) is 1.87. The highest BCUT2D eigenvalue weighted by molar-refractivity contribution is 7.99. The number of nitrogens with two attached hydrogens (primary N) is 1. The smallest absolute Gasteiger partial charge is 0.238 e. The van der Waals surface area contributed by atoms with E-state index in [9.17, 15) is 13.2 Å². The highest BCUT2D eigenvalue weighted by Crippen LogP contribution is 2.21. The Morgan fingerprint density at radius 2 is 1.92 bits per heavy atom. The van der Waals surface area contributed by atoms with Crippen molar-refractivity contribution in [3.63, 3.8) is 0 Å². The molecule has 24 heavy (non-hydrogen) atoms. The van der Waals surface area contributed by atoms with E-state index in [1.807, 2.05) is 12.1 Å². The van der Waals surface area contributed by atoms with Crippen molar-refractivity contribution in [1.82, 2.24) is 0 Å². The van der Waals surface area contributed by atoms with E-state index < -0.39 is 10.0 Å². The molecule has 0 saturated carbocycles. The molecule has 0 aromatic heterocycles. The van der Waals surface area contributed by atoms with Gasteiger partial charge in [0.05, 0.1) is 10.1 Å². The largest absolute Gasteiger partial charge is 0.325 e. The van der Waals surface area contributed by atoms with Gasteiger partial charge in [0.25, 0.3) is 0 Å². The predicted octanol–water partition coefficient (Wildman–Crippen LogP) is 3.25. The Hall–Kier alpha value is -1.54. The Morgan fingerprint density at radius 1 is 1.25 bits per heavy atom. The summed E-state index contributed by atoms with van der Waals surface area (Å²) in [7, 11) is -3.80. The number of nitrogens with one attached hydrogen (secondary N) is 1. The molecule has 0 aliphatic carbocycles. The molecule has 3 N–H and O–H groups in total. The van der Waals surface area contributed by atoms with Crippen LogP contribution in [-0.4, -0.2) is 19.6 Å². The van der Waals surface area contributed by atoms with Crippen LogP contribution in [0.15, 0.2) is 53.4 Å². The van der Waals surface area contributed by atoms with Gasteiger partial charge >= 0.3 is 0 Å². The summed E-state index contributed by atoms with van der Waals surface area (Å²) in [5.41, 5.74) is 1.46. The van der Waals surface area contributed by atoms with Crippen molar-refractivity contribution in [2.75, 3.05) is 5.32 Å². The van der Waals surface area contributed by atoms with E-state index in [1.54, 1.807) is 25.1 Å². The van der Waals surface area contributed by atoms with Crippen LogP contribution >= 0.6 is 23.4 Å². The molecular weight excluding hydrogens is 368 g/mol. The third-order valence-corrected chi connectivity index (χ3v) is 5.59. The minimum atomic E-state index is -3.80. The predicted molar refractivity (Wildman–Crippen MR) is 98.7 cm³/mol. The van der Waals surface area contributed by atoms with Crippen molar-refractivity contribution in [2.45, 2.75) is 22.8 Å². The number of rotatable bonds is 6. The third-order valence-electron chi connectivity index (χ3n) is 3.21. The van der Waals surface area contributed by atoms with E-state index in [4.69, 9.17) is 16.7 Å². The van der Waals surface area contributed by atoms with Crippen LogP contribution in [-0.2, 0) is 20.6 Å². The number of primary sulfonamides is 1. The second-order valence-electron chi connectivity index (χ2n) is 5.14.